The van der Waals surface area contributed by atoms with Crippen LogP contribution in [0.5, 0.6) is 0 Å². The Morgan fingerprint density at radius 3 is 2.82 bits per heavy atom. The van der Waals surface area contributed by atoms with Crippen molar-refractivity contribution in [1.29, 1.82) is 0 Å². The average molecular weight is 395 g/mol. The van der Waals surface area contributed by atoms with Gasteiger partial charge in [-0.15, -0.1) is 0 Å². The first-order valence-corrected chi connectivity index (χ1v) is 9.57. The molecule has 0 saturated heterocycles. The number of hydrogen-bond acceptors (Lipinski definition) is 5. The number of halogens is 1. The zero-order chi connectivity index (χ0) is 19.7. The van der Waals surface area contributed by atoms with Crippen molar-refractivity contribution >= 4 is 32.6 Å². The summed E-state index contributed by atoms with van der Waals surface area (Å²) in [6, 6.07) is 10.1. The van der Waals surface area contributed by atoms with E-state index in [4.69, 9.17) is 0 Å². The fourth-order valence-corrected chi connectivity index (χ4v) is 3.99. The Balaban J connectivity index is 1.69. The fraction of sp³-hybridized carbons (Fsp3) is 0.200. The molecule has 1 amide bonds. The molecule has 0 fully saturated rings. The Kier molecular flexibility index (Phi) is 4.87. The van der Waals surface area contributed by atoms with E-state index < -0.39 is 0 Å². The molecule has 0 aliphatic rings. The third-order valence-corrected chi connectivity index (χ3v) is 5.36. The van der Waals surface area contributed by atoms with Gasteiger partial charge in [-0.25, -0.2) is 9.37 Å². The number of carbonyl (C=O) groups excluding carboxylic acids is 1. The Labute approximate surface area is 165 Å². The monoisotopic (exact) mass is 395 g/mol. The smallest absolute Gasteiger partial charge is 0.250 e. The average Bonchev–Trinajstić information content (AvgIpc) is 3.22. The number of hydrogen-bond donors (Lipinski definition) is 0. The van der Waals surface area contributed by atoms with Crippen LogP contribution in [0.3, 0.4) is 0 Å². The van der Waals surface area contributed by atoms with Gasteiger partial charge in [0.15, 0.2) is 5.13 Å². The molecule has 6 nitrogen and oxygen atoms in total. The highest BCUT2D eigenvalue weighted by molar-refractivity contribution is 7.22. The molecule has 0 bridgehead atoms. The number of pyridine rings is 1. The molecule has 1 aromatic carbocycles. The molecule has 0 aliphatic carbocycles. The Morgan fingerprint density at radius 1 is 1.25 bits per heavy atom. The van der Waals surface area contributed by atoms with Crippen molar-refractivity contribution in [1.82, 2.24) is 19.7 Å². The van der Waals surface area contributed by atoms with Gasteiger partial charge < -0.3 is 0 Å². The summed E-state index contributed by atoms with van der Waals surface area (Å²) in [6.45, 7) is 4.24. The van der Waals surface area contributed by atoms with Crippen LogP contribution in [-0.2, 0) is 17.9 Å². The van der Waals surface area contributed by atoms with Crippen LogP contribution >= 0.6 is 11.3 Å². The first-order valence-electron chi connectivity index (χ1n) is 8.76. The lowest BCUT2D eigenvalue weighted by molar-refractivity contribution is -0.119. The highest BCUT2D eigenvalue weighted by atomic mass is 32.1. The number of aryl methyl sites for hydroxylation is 2. The molecule has 0 unspecified atom stereocenters. The quantitative estimate of drug-likeness (QED) is 0.514. The highest BCUT2D eigenvalue weighted by Crippen LogP contribution is 2.30. The van der Waals surface area contributed by atoms with Crippen LogP contribution in [-0.4, -0.2) is 25.7 Å². The van der Waals surface area contributed by atoms with Gasteiger partial charge >= 0.3 is 0 Å². The summed E-state index contributed by atoms with van der Waals surface area (Å²) in [7, 11) is 0. The van der Waals surface area contributed by atoms with E-state index in [1.165, 1.54) is 23.5 Å². The molecule has 142 valence electrons. The van der Waals surface area contributed by atoms with Gasteiger partial charge in [0.1, 0.15) is 12.4 Å². The third kappa shape index (κ3) is 3.77. The van der Waals surface area contributed by atoms with Gasteiger partial charge in [-0.2, -0.15) is 5.10 Å². The van der Waals surface area contributed by atoms with Crippen molar-refractivity contribution < 1.29 is 9.18 Å². The van der Waals surface area contributed by atoms with E-state index in [-0.39, 0.29) is 18.3 Å². The molecule has 0 aliphatic heterocycles. The molecule has 0 saturated carbocycles. The topological polar surface area (TPSA) is 63.9 Å². The molecular formula is C20H18FN5OS. The van der Waals surface area contributed by atoms with Gasteiger partial charge in [0, 0.05) is 18.1 Å². The number of thiazole rings is 1. The van der Waals surface area contributed by atoms with Gasteiger partial charge in [0.25, 0.3) is 5.91 Å². The first kappa shape index (κ1) is 18.2. The Bertz CT molecular complexity index is 1140. The van der Waals surface area contributed by atoms with Gasteiger partial charge in [0.05, 0.1) is 22.5 Å². The number of anilines is 1. The molecule has 0 N–H and O–H groups in total. The van der Waals surface area contributed by atoms with Gasteiger partial charge in [0.2, 0.25) is 0 Å². The lowest BCUT2D eigenvalue weighted by Crippen LogP contribution is -2.34. The van der Waals surface area contributed by atoms with Crippen LogP contribution in [0.4, 0.5) is 9.52 Å². The second-order valence-corrected chi connectivity index (χ2v) is 7.54. The lowest BCUT2D eigenvalue weighted by atomic mass is 10.2. The van der Waals surface area contributed by atoms with Crippen LogP contribution in [0.25, 0.3) is 10.2 Å². The van der Waals surface area contributed by atoms with E-state index in [0.29, 0.717) is 21.9 Å². The van der Waals surface area contributed by atoms with Crippen LogP contribution in [0, 0.1) is 19.7 Å². The SMILES string of the molecule is Cc1cc(C)n(CC(=O)N(Cc2cccnc2)c2nc3ccc(F)cc3s2)n1. The zero-order valence-corrected chi connectivity index (χ0v) is 16.3. The predicted molar refractivity (Wildman–Crippen MR) is 107 cm³/mol. The number of benzene rings is 1. The summed E-state index contributed by atoms with van der Waals surface area (Å²) >= 11 is 1.29. The summed E-state index contributed by atoms with van der Waals surface area (Å²) in [6.07, 6.45) is 3.41. The predicted octanol–water partition coefficient (Wildman–Crippen LogP) is 3.88. The standard InChI is InChI=1S/C20H18FN5OS/c1-13-8-14(2)26(24-13)12-19(27)25(11-15-4-3-7-22-10-15)20-23-17-6-5-16(21)9-18(17)28-20/h3-10H,11-12H2,1-2H3. The molecule has 3 heterocycles. The Morgan fingerprint density at radius 2 is 2.11 bits per heavy atom. The summed E-state index contributed by atoms with van der Waals surface area (Å²) in [5.41, 5.74) is 3.32. The minimum Gasteiger partial charge on any atom is -0.282 e. The second-order valence-electron chi connectivity index (χ2n) is 6.53. The maximum absolute atomic E-state index is 13.6. The van der Waals surface area contributed by atoms with E-state index in [9.17, 15) is 9.18 Å². The van der Waals surface area contributed by atoms with Crippen molar-refractivity contribution in [3.05, 3.63) is 71.6 Å². The molecule has 28 heavy (non-hydrogen) atoms. The highest BCUT2D eigenvalue weighted by Gasteiger charge is 2.22. The van der Waals surface area contributed by atoms with E-state index in [2.05, 4.69) is 15.1 Å². The number of fused-ring (bicyclic) bond motifs is 1. The first-order chi connectivity index (χ1) is 13.5. The summed E-state index contributed by atoms with van der Waals surface area (Å²) in [5.74, 6) is -0.468. The molecule has 8 heteroatoms. The molecular weight excluding hydrogens is 377 g/mol. The third-order valence-electron chi connectivity index (χ3n) is 4.32. The van der Waals surface area contributed by atoms with Gasteiger partial charge in [-0.1, -0.05) is 17.4 Å². The maximum Gasteiger partial charge on any atom is 0.250 e. The fourth-order valence-electron chi connectivity index (χ4n) is 2.99. The van der Waals surface area contributed by atoms with E-state index in [1.54, 1.807) is 28.0 Å². The van der Waals surface area contributed by atoms with Crippen LogP contribution in [0.1, 0.15) is 17.0 Å². The maximum atomic E-state index is 13.6. The largest absolute Gasteiger partial charge is 0.282 e. The molecule has 4 rings (SSSR count). The Hall–Kier alpha value is -3.13. The van der Waals surface area contributed by atoms with Crippen molar-refractivity contribution in [2.75, 3.05) is 4.90 Å². The minimum atomic E-state index is -0.324. The number of aromatic nitrogens is 4. The van der Waals surface area contributed by atoms with Crippen LogP contribution in [0.15, 0.2) is 48.8 Å². The van der Waals surface area contributed by atoms with E-state index >= 15 is 0 Å². The molecule has 0 spiro atoms. The van der Waals surface area contributed by atoms with Crippen molar-refractivity contribution in [2.45, 2.75) is 26.9 Å². The molecule has 3 aromatic heterocycles. The van der Waals surface area contributed by atoms with Crippen molar-refractivity contribution in [2.24, 2.45) is 0 Å². The van der Waals surface area contributed by atoms with Crippen molar-refractivity contribution in [3.63, 3.8) is 0 Å². The minimum absolute atomic E-state index is 0.101. The molecule has 0 atom stereocenters. The van der Waals surface area contributed by atoms with E-state index in [0.717, 1.165) is 17.0 Å². The van der Waals surface area contributed by atoms with Gasteiger partial charge in [-0.05, 0) is 49.7 Å². The number of amides is 1. The zero-order valence-electron chi connectivity index (χ0n) is 15.5. The number of rotatable bonds is 5. The van der Waals surface area contributed by atoms with Gasteiger partial charge in [-0.3, -0.25) is 19.4 Å². The molecule has 0 radical (unpaired) electrons. The normalized spacial score (nSPS) is 11.1. The summed E-state index contributed by atoms with van der Waals surface area (Å²) in [4.78, 5) is 23.4. The number of nitrogens with zero attached hydrogens (tertiary/aromatic N) is 5. The van der Waals surface area contributed by atoms with Crippen LogP contribution < -0.4 is 4.90 Å². The molecule has 4 aromatic rings. The summed E-state index contributed by atoms with van der Waals surface area (Å²) < 4.78 is 15.9. The summed E-state index contributed by atoms with van der Waals surface area (Å²) in [5, 5.41) is 4.90. The second kappa shape index (κ2) is 7.47. The van der Waals surface area contributed by atoms with E-state index in [1.807, 2.05) is 32.0 Å². The lowest BCUT2D eigenvalue weighted by Gasteiger charge is -2.20. The van der Waals surface area contributed by atoms with Crippen molar-refractivity contribution in [3.8, 4) is 0 Å². The van der Waals surface area contributed by atoms with Crippen LogP contribution in [0.2, 0.25) is 0 Å². The number of carbonyl (C=O) groups is 1.